The smallest absolute Gasteiger partial charge is 0.315 e. The van der Waals surface area contributed by atoms with E-state index in [0.29, 0.717) is 13.0 Å². The van der Waals surface area contributed by atoms with Crippen LogP contribution in [0.3, 0.4) is 0 Å². The lowest BCUT2D eigenvalue weighted by Crippen LogP contribution is -2.45. The Bertz CT molecular complexity index is 969. The van der Waals surface area contributed by atoms with Gasteiger partial charge in [0, 0.05) is 13.0 Å². The summed E-state index contributed by atoms with van der Waals surface area (Å²) in [6.45, 7) is 2.53. The summed E-state index contributed by atoms with van der Waals surface area (Å²) in [5.41, 5.74) is 3.10. The van der Waals surface area contributed by atoms with E-state index in [4.69, 9.17) is 0 Å². The number of hydrogen-bond donors (Lipinski definition) is 2. The summed E-state index contributed by atoms with van der Waals surface area (Å²) < 4.78 is 0. The highest BCUT2D eigenvalue weighted by Gasteiger charge is 2.34. The van der Waals surface area contributed by atoms with Crippen molar-refractivity contribution in [3.63, 3.8) is 0 Å². The summed E-state index contributed by atoms with van der Waals surface area (Å²) >= 11 is 0. The van der Waals surface area contributed by atoms with E-state index in [9.17, 15) is 9.59 Å². The SMILES string of the molecule is CC(c1ccccc1)N1CC(NC(=O)NC(c2ccccc2)c2ccccc2)CC1=O. The highest BCUT2D eigenvalue weighted by Crippen LogP contribution is 2.26. The van der Waals surface area contributed by atoms with Crippen molar-refractivity contribution in [2.24, 2.45) is 0 Å². The van der Waals surface area contributed by atoms with E-state index in [2.05, 4.69) is 10.6 Å². The molecule has 0 aliphatic carbocycles. The van der Waals surface area contributed by atoms with E-state index < -0.39 is 0 Å². The third-order valence-electron chi connectivity index (χ3n) is 5.78. The second-order valence-corrected chi connectivity index (χ2v) is 7.91. The van der Waals surface area contributed by atoms with Crippen LogP contribution in [0.4, 0.5) is 4.79 Å². The van der Waals surface area contributed by atoms with Crippen molar-refractivity contribution in [1.29, 1.82) is 0 Å². The average Bonchev–Trinajstić information content (AvgIpc) is 3.18. The van der Waals surface area contributed by atoms with Gasteiger partial charge in [-0.15, -0.1) is 0 Å². The van der Waals surface area contributed by atoms with Crippen molar-refractivity contribution in [3.8, 4) is 0 Å². The van der Waals surface area contributed by atoms with E-state index in [1.807, 2.05) is 103 Å². The van der Waals surface area contributed by atoms with E-state index >= 15 is 0 Å². The molecular formula is C26H27N3O2. The van der Waals surface area contributed by atoms with Gasteiger partial charge in [0.05, 0.1) is 18.1 Å². The maximum Gasteiger partial charge on any atom is 0.315 e. The maximum atomic E-state index is 12.9. The second-order valence-electron chi connectivity index (χ2n) is 7.91. The van der Waals surface area contributed by atoms with Crippen LogP contribution in [0.1, 0.15) is 42.1 Å². The Labute approximate surface area is 183 Å². The first-order valence-electron chi connectivity index (χ1n) is 10.6. The van der Waals surface area contributed by atoms with Gasteiger partial charge in [-0.3, -0.25) is 4.79 Å². The molecule has 1 heterocycles. The van der Waals surface area contributed by atoms with Crippen LogP contribution in [0, 0.1) is 0 Å². The third-order valence-corrected chi connectivity index (χ3v) is 5.78. The molecule has 0 spiro atoms. The van der Waals surface area contributed by atoms with Crippen LogP contribution in [0.25, 0.3) is 0 Å². The molecule has 3 amide bonds. The maximum absolute atomic E-state index is 12.9. The quantitative estimate of drug-likeness (QED) is 0.628. The van der Waals surface area contributed by atoms with Crippen molar-refractivity contribution in [1.82, 2.24) is 15.5 Å². The van der Waals surface area contributed by atoms with Gasteiger partial charge < -0.3 is 15.5 Å². The van der Waals surface area contributed by atoms with Crippen LogP contribution < -0.4 is 10.6 Å². The fourth-order valence-corrected chi connectivity index (χ4v) is 4.12. The summed E-state index contributed by atoms with van der Waals surface area (Å²) in [6.07, 6.45) is 0.311. The number of carbonyl (C=O) groups excluding carboxylic acids is 2. The topological polar surface area (TPSA) is 61.4 Å². The Morgan fingerprint density at radius 2 is 1.32 bits per heavy atom. The standard InChI is InChI=1S/C26H27N3O2/c1-19(20-11-5-2-6-12-20)29-18-23(17-24(29)30)27-26(31)28-25(21-13-7-3-8-14-21)22-15-9-4-10-16-22/h2-16,19,23,25H,17-18H2,1H3,(H2,27,28,31). The number of amides is 3. The molecule has 5 heteroatoms. The van der Waals surface area contributed by atoms with Gasteiger partial charge in [-0.05, 0) is 23.6 Å². The Kier molecular flexibility index (Phi) is 6.32. The van der Waals surface area contributed by atoms with E-state index in [0.717, 1.165) is 16.7 Å². The van der Waals surface area contributed by atoms with Crippen LogP contribution in [0.15, 0.2) is 91.0 Å². The molecule has 2 unspecified atom stereocenters. The fraction of sp³-hybridized carbons (Fsp3) is 0.231. The minimum Gasteiger partial charge on any atom is -0.334 e. The summed E-state index contributed by atoms with van der Waals surface area (Å²) in [4.78, 5) is 27.3. The number of nitrogens with one attached hydrogen (secondary N) is 2. The normalized spacial score (nSPS) is 16.9. The summed E-state index contributed by atoms with van der Waals surface area (Å²) in [6, 6.07) is 28.9. The van der Waals surface area contributed by atoms with Gasteiger partial charge in [-0.25, -0.2) is 4.79 Å². The van der Waals surface area contributed by atoms with Gasteiger partial charge >= 0.3 is 6.03 Å². The number of carbonyl (C=O) groups is 2. The molecule has 3 aromatic carbocycles. The summed E-state index contributed by atoms with van der Waals surface area (Å²) in [5, 5.41) is 6.09. The largest absolute Gasteiger partial charge is 0.334 e. The Hall–Kier alpha value is -3.60. The molecule has 1 fully saturated rings. The van der Waals surface area contributed by atoms with Gasteiger partial charge in [0.2, 0.25) is 5.91 Å². The van der Waals surface area contributed by atoms with Gasteiger partial charge in [0.15, 0.2) is 0 Å². The van der Waals surface area contributed by atoms with Crippen molar-refractivity contribution >= 4 is 11.9 Å². The van der Waals surface area contributed by atoms with Crippen LogP contribution in [-0.4, -0.2) is 29.4 Å². The zero-order valence-electron chi connectivity index (χ0n) is 17.6. The van der Waals surface area contributed by atoms with Gasteiger partial charge in [-0.1, -0.05) is 91.0 Å². The zero-order chi connectivity index (χ0) is 21.6. The lowest BCUT2D eigenvalue weighted by atomic mass is 9.99. The minimum atomic E-state index is -0.273. The molecule has 0 radical (unpaired) electrons. The molecule has 0 bridgehead atoms. The number of urea groups is 1. The van der Waals surface area contributed by atoms with Crippen LogP contribution in [-0.2, 0) is 4.79 Å². The number of hydrogen-bond acceptors (Lipinski definition) is 2. The molecule has 2 N–H and O–H groups in total. The van der Waals surface area contributed by atoms with Crippen LogP contribution >= 0.6 is 0 Å². The molecule has 0 saturated carbocycles. The van der Waals surface area contributed by atoms with Crippen molar-refractivity contribution in [3.05, 3.63) is 108 Å². The Morgan fingerprint density at radius 1 is 0.839 bits per heavy atom. The first kappa shape index (κ1) is 20.7. The zero-order valence-corrected chi connectivity index (χ0v) is 17.6. The molecule has 2 atom stereocenters. The third kappa shape index (κ3) is 4.94. The van der Waals surface area contributed by atoms with Crippen LogP contribution in [0.2, 0.25) is 0 Å². The van der Waals surface area contributed by atoms with E-state index in [1.165, 1.54) is 0 Å². The van der Waals surface area contributed by atoms with Crippen molar-refractivity contribution < 1.29 is 9.59 Å². The van der Waals surface area contributed by atoms with E-state index in [1.54, 1.807) is 0 Å². The average molecular weight is 414 g/mol. The molecule has 0 aromatic heterocycles. The molecule has 1 aliphatic rings. The first-order chi connectivity index (χ1) is 15.1. The molecule has 1 saturated heterocycles. The number of likely N-dealkylation sites (tertiary alicyclic amines) is 1. The fourth-order valence-electron chi connectivity index (χ4n) is 4.12. The highest BCUT2D eigenvalue weighted by atomic mass is 16.2. The number of benzene rings is 3. The van der Waals surface area contributed by atoms with Crippen LogP contribution in [0.5, 0.6) is 0 Å². The second kappa shape index (κ2) is 9.47. The molecule has 4 rings (SSSR count). The van der Waals surface area contributed by atoms with Crippen molar-refractivity contribution in [2.45, 2.75) is 31.5 Å². The van der Waals surface area contributed by atoms with Gasteiger partial charge in [0.1, 0.15) is 0 Å². The monoisotopic (exact) mass is 413 g/mol. The first-order valence-corrected chi connectivity index (χ1v) is 10.6. The summed E-state index contributed by atoms with van der Waals surface area (Å²) in [5.74, 6) is 0.0596. The lowest BCUT2D eigenvalue weighted by Gasteiger charge is -2.25. The predicted molar refractivity (Wildman–Crippen MR) is 121 cm³/mol. The molecule has 158 valence electrons. The predicted octanol–water partition coefficient (Wildman–Crippen LogP) is 4.44. The lowest BCUT2D eigenvalue weighted by molar-refractivity contribution is -0.129. The molecule has 5 nitrogen and oxygen atoms in total. The number of rotatable bonds is 6. The van der Waals surface area contributed by atoms with E-state index in [-0.39, 0.29) is 30.1 Å². The van der Waals surface area contributed by atoms with Gasteiger partial charge in [-0.2, -0.15) is 0 Å². The molecule has 1 aliphatic heterocycles. The number of nitrogens with zero attached hydrogens (tertiary/aromatic N) is 1. The van der Waals surface area contributed by atoms with Gasteiger partial charge in [0.25, 0.3) is 0 Å². The van der Waals surface area contributed by atoms with Crippen molar-refractivity contribution in [2.75, 3.05) is 6.54 Å². The minimum absolute atomic E-state index is 0.0232. The summed E-state index contributed by atoms with van der Waals surface area (Å²) in [7, 11) is 0. The molecular weight excluding hydrogens is 386 g/mol. The molecule has 3 aromatic rings. The highest BCUT2D eigenvalue weighted by molar-refractivity contribution is 5.82. The molecule has 31 heavy (non-hydrogen) atoms. The Balaban J connectivity index is 1.42. The Morgan fingerprint density at radius 3 is 1.84 bits per heavy atom.